The normalized spacial score (nSPS) is 21.7. The van der Waals surface area contributed by atoms with Gasteiger partial charge in [0, 0.05) is 19.0 Å². The van der Waals surface area contributed by atoms with Crippen LogP contribution in [-0.4, -0.2) is 26.7 Å². The third-order valence-corrected chi connectivity index (χ3v) is 2.89. The molecule has 1 unspecified atom stereocenters. The van der Waals surface area contributed by atoms with Gasteiger partial charge in [0.2, 0.25) is 0 Å². The fourth-order valence-corrected chi connectivity index (χ4v) is 2.07. The summed E-state index contributed by atoms with van der Waals surface area (Å²) in [5.74, 6) is 1.07. The maximum atomic E-state index is 4.42. The fourth-order valence-electron chi connectivity index (χ4n) is 1.15. The standard InChI is InChI=1S/C8H12N4S/c1-6-5-13-8(10-6)11-7-3-9-12(2)4-7/h3-4,6H,5H2,1-2H3,(H,10,11). The summed E-state index contributed by atoms with van der Waals surface area (Å²) in [5.41, 5.74) is 1.00. The molecule has 1 aliphatic rings. The molecule has 1 aromatic heterocycles. The monoisotopic (exact) mass is 196 g/mol. The number of hydrogen-bond donors (Lipinski definition) is 1. The van der Waals surface area contributed by atoms with Crippen molar-refractivity contribution in [3.8, 4) is 0 Å². The SMILES string of the molecule is CC1CSC(Nc2cnn(C)c2)=N1. The van der Waals surface area contributed by atoms with Crippen molar-refractivity contribution in [2.75, 3.05) is 11.1 Å². The largest absolute Gasteiger partial charge is 0.332 e. The molecule has 0 aliphatic carbocycles. The minimum absolute atomic E-state index is 0.434. The summed E-state index contributed by atoms with van der Waals surface area (Å²) in [6, 6.07) is 0.434. The number of aromatic nitrogens is 2. The van der Waals surface area contributed by atoms with E-state index in [1.165, 1.54) is 0 Å². The predicted octanol–water partition coefficient (Wildman–Crippen LogP) is 1.32. The average molecular weight is 196 g/mol. The minimum atomic E-state index is 0.434. The zero-order chi connectivity index (χ0) is 9.26. The molecule has 70 valence electrons. The Hall–Kier alpha value is -0.970. The van der Waals surface area contributed by atoms with Crippen molar-refractivity contribution in [2.45, 2.75) is 13.0 Å². The molecule has 0 bridgehead atoms. The van der Waals surface area contributed by atoms with Crippen LogP contribution in [0.25, 0.3) is 0 Å². The van der Waals surface area contributed by atoms with Crippen molar-refractivity contribution in [2.24, 2.45) is 12.0 Å². The van der Waals surface area contributed by atoms with Crippen LogP contribution in [0.15, 0.2) is 17.4 Å². The number of amidine groups is 1. The molecule has 0 radical (unpaired) electrons. The summed E-state index contributed by atoms with van der Waals surface area (Å²) < 4.78 is 1.77. The van der Waals surface area contributed by atoms with E-state index in [1.54, 1.807) is 22.6 Å². The first-order chi connectivity index (χ1) is 6.24. The summed E-state index contributed by atoms with van der Waals surface area (Å²) in [4.78, 5) is 4.42. The highest BCUT2D eigenvalue weighted by Gasteiger charge is 2.13. The van der Waals surface area contributed by atoms with Crippen molar-refractivity contribution in [1.82, 2.24) is 9.78 Å². The van der Waals surface area contributed by atoms with Gasteiger partial charge in [-0.25, -0.2) is 0 Å². The van der Waals surface area contributed by atoms with Crippen molar-refractivity contribution in [3.63, 3.8) is 0 Å². The van der Waals surface area contributed by atoms with Crippen LogP contribution in [0.3, 0.4) is 0 Å². The van der Waals surface area contributed by atoms with E-state index in [-0.39, 0.29) is 0 Å². The molecule has 0 fully saturated rings. The van der Waals surface area contributed by atoms with Gasteiger partial charge >= 0.3 is 0 Å². The summed E-state index contributed by atoms with van der Waals surface area (Å²) in [6.07, 6.45) is 3.73. The molecule has 4 nitrogen and oxygen atoms in total. The van der Waals surface area contributed by atoms with Crippen LogP contribution in [0.2, 0.25) is 0 Å². The van der Waals surface area contributed by atoms with E-state index in [0.717, 1.165) is 16.6 Å². The van der Waals surface area contributed by atoms with Crippen LogP contribution in [0.5, 0.6) is 0 Å². The number of anilines is 1. The van der Waals surface area contributed by atoms with Crippen molar-refractivity contribution in [3.05, 3.63) is 12.4 Å². The molecule has 0 saturated carbocycles. The first kappa shape index (κ1) is 8.62. The van der Waals surface area contributed by atoms with E-state index < -0.39 is 0 Å². The number of thioether (sulfide) groups is 1. The summed E-state index contributed by atoms with van der Waals surface area (Å²) in [5, 5.41) is 8.29. The first-order valence-corrected chi connectivity index (χ1v) is 5.19. The highest BCUT2D eigenvalue weighted by molar-refractivity contribution is 8.14. The second-order valence-electron chi connectivity index (χ2n) is 3.12. The molecule has 1 aromatic rings. The van der Waals surface area contributed by atoms with Gasteiger partial charge in [-0.05, 0) is 6.92 Å². The molecule has 5 heteroatoms. The zero-order valence-electron chi connectivity index (χ0n) is 7.69. The Morgan fingerprint density at radius 2 is 2.54 bits per heavy atom. The summed E-state index contributed by atoms with van der Waals surface area (Å²) >= 11 is 1.76. The van der Waals surface area contributed by atoms with Crippen LogP contribution < -0.4 is 5.32 Å². The first-order valence-electron chi connectivity index (χ1n) is 4.20. The summed E-state index contributed by atoms with van der Waals surface area (Å²) in [7, 11) is 1.90. The smallest absolute Gasteiger partial charge is 0.161 e. The number of aryl methyl sites for hydroxylation is 1. The van der Waals surface area contributed by atoms with E-state index in [0.29, 0.717) is 6.04 Å². The number of rotatable bonds is 1. The van der Waals surface area contributed by atoms with E-state index >= 15 is 0 Å². The Morgan fingerprint density at radius 1 is 1.69 bits per heavy atom. The lowest BCUT2D eigenvalue weighted by Gasteiger charge is -1.99. The van der Waals surface area contributed by atoms with Gasteiger partial charge in [-0.3, -0.25) is 9.67 Å². The summed E-state index contributed by atoms with van der Waals surface area (Å²) in [6.45, 7) is 2.12. The third-order valence-electron chi connectivity index (χ3n) is 1.76. The van der Waals surface area contributed by atoms with Crippen LogP contribution in [0, 0.1) is 0 Å². The van der Waals surface area contributed by atoms with Gasteiger partial charge in [-0.15, -0.1) is 0 Å². The van der Waals surface area contributed by atoms with Gasteiger partial charge in [0.15, 0.2) is 5.17 Å². The number of hydrogen-bond acceptors (Lipinski definition) is 4. The van der Waals surface area contributed by atoms with Gasteiger partial charge in [0.1, 0.15) is 0 Å². The minimum Gasteiger partial charge on any atom is -0.332 e. The van der Waals surface area contributed by atoms with Crippen molar-refractivity contribution < 1.29 is 0 Å². The maximum absolute atomic E-state index is 4.42. The molecule has 0 saturated heterocycles. The molecule has 2 heterocycles. The molecule has 0 aromatic carbocycles. The van der Waals surface area contributed by atoms with Crippen LogP contribution >= 0.6 is 11.8 Å². The molecule has 13 heavy (non-hydrogen) atoms. The average Bonchev–Trinajstić information content (AvgIpc) is 2.62. The fraction of sp³-hybridized carbons (Fsp3) is 0.500. The highest BCUT2D eigenvalue weighted by Crippen LogP contribution is 2.19. The Labute approximate surface area is 81.4 Å². The topological polar surface area (TPSA) is 42.2 Å². The predicted molar refractivity (Wildman–Crippen MR) is 56.2 cm³/mol. The molecule has 2 rings (SSSR count). The maximum Gasteiger partial charge on any atom is 0.161 e. The Kier molecular flexibility index (Phi) is 2.26. The van der Waals surface area contributed by atoms with Crippen molar-refractivity contribution >= 4 is 22.6 Å². The van der Waals surface area contributed by atoms with Gasteiger partial charge in [0.05, 0.1) is 17.9 Å². The number of aliphatic imine (C=N–C) groups is 1. The van der Waals surface area contributed by atoms with E-state index in [9.17, 15) is 0 Å². The lowest BCUT2D eigenvalue weighted by atomic mass is 10.4. The van der Waals surface area contributed by atoms with Crippen molar-refractivity contribution in [1.29, 1.82) is 0 Å². The van der Waals surface area contributed by atoms with Crippen LogP contribution in [0.1, 0.15) is 6.92 Å². The van der Waals surface area contributed by atoms with Gasteiger partial charge < -0.3 is 5.32 Å². The van der Waals surface area contributed by atoms with Crippen LogP contribution in [0.4, 0.5) is 5.69 Å². The molecular formula is C8H12N4S. The Morgan fingerprint density at radius 3 is 3.08 bits per heavy atom. The lowest BCUT2D eigenvalue weighted by Crippen LogP contribution is -2.03. The lowest BCUT2D eigenvalue weighted by molar-refractivity contribution is 0.768. The highest BCUT2D eigenvalue weighted by atomic mass is 32.2. The quantitative estimate of drug-likeness (QED) is 0.736. The Balaban J connectivity index is 2.02. The van der Waals surface area contributed by atoms with E-state index in [4.69, 9.17) is 0 Å². The molecule has 0 amide bonds. The third kappa shape index (κ3) is 2.03. The van der Waals surface area contributed by atoms with Crippen LogP contribution in [-0.2, 0) is 7.05 Å². The van der Waals surface area contributed by atoms with Gasteiger partial charge in [0.25, 0.3) is 0 Å². The molecule has 1 N–H and O–H groups in total. The molecule has 1 atom stereocenters. The second-order valence-corrected chi connectivity index (χ2v) is 4.13. The number of nitrogens with zero attached hydrogens (tertiary/aromatic N) is 3. The number of nitrogens with one attached hydrogen (secondary N) is 1. The molecule has 0 spiro atoms. The molecular weight excluding hydrogens is 184 g/mol. The second kappa shape index (κ2) is 3.41. The van der Waals surface area contributed by atoms with Gasteiger partial charge in [-0.1, -0.05) is 11.8 Å². The molecule has 1 aliphatic heterocycles. The Bertz CT molecular complexity index is 331. The van der Waals surface area contributed by atoms with Gasteiger partial charge in [-0.2, -0.15) is 5.10 Å². The van der Waals surface area contributed by atoms with E-state index in [1.807, 2.05) is 13.2 Å². The van der Waals surface area contributed by atoms with E-state index in [2.05, 4.69) is 22.3 Å². The zero-order valence-corrected chi connectivity index (χ0v) is 8.51.